The molecule has 0 aromatic rings. The number of carbonyl (C=O) groups excluding carboxylic acids is 1. The third kappa shape index (κ3) is 4.73. The van der Waals surface area contributed by atoms with Crippen molar-refractivity contribution in [3.05, 3.63) is 11.6 Å². The van der Waals surface area contributed by atoms with E-state index >= 15 is 0 Å². The van der Waals surface area contributed by atoms with Crippen LogP contribution in [0.25, 0.3) is 0 Å². The monoisotopic (exact) mass is 504 g/mol. The summed E-state index contributed by atoms with van der Waals surface area (Å²) in [6.07, 6.45) is 8.70. The molecule has 0 N–H and O–H groups in total. The zero-order valence-corrected chi connectivity index (χ0v) is 22.4. The highest BCUT2D eigenvalue weighted by Crippen LogP contribution is 2.59. The molecule has 6 rings (SSSR count). The minimum atomic E-state index is -0.310. The molecule has 1 spiro atoms. The lowest BCUT2D eigenvalue weighted by Gasteiger charge is -2.45. The molecule has 36 heavy (non-hydrogen) atoms. The first-order valence-corrected chi connectivity index (χ1v) is 14.1. The molecule has 2 bridgehead atoms. The van der Waals surface area contributed by atoms with Gasteiger partial charge >= 0.3 is 6.09 Å². The van der Waals surface area contributed by atoms with Crippen molar-refractivity contribution in [1.29, 1.82) is 0 Å². The van der Waals surface area contributed by atoms with Crippen LogP contribution >= 0.6 is 0 Å². The Balaban J connectivity index is 1.00. The molecular formula is C28H44N2O6. The predicted octanol–water partition coefficient (Wildman–Crippen LogP) is 3.38. The van der Waals surface area contributed by atoms with Gasteiger partial charge in [0.1, 0.15) is 23.4 Å². The lowest BCUT2D eigenvalue weighted by molar-refractivity contribution is -0.124. The van der Waals surface area contributed by atoms with Crippen LogP contribution < -0.4 is 0 Å². The Morgan fingerprint density at radius 1 is 1.11 bits per heavy atom. The van der Waals surface area contributed by atoms with Gasteiger partial charge in [0, 0.05) is 33.3 Å². The summed E-state index contributed by atoms with van der Waals surface area (Å²) in [7, 11) is 1.73. The molecule has 0 aromatic carbocycles. The standard InChI is InChI=1S/C28H44N2O6/c1-18(2)5-8-23-27(3,36-23)25-24(32-4)22(9-11-28(25)17-33-28)35-26(31)30-13-19(14-30)10-12-29-15-20-6-7-21(16-29)34-20/h5,19-25H,6-17H2,1-4H3/t20?,21?,22-,23-,24-,25-,27+,28+/m1/s1. The summed E-state index contributed by atoms with van der Waals surface area (Å²) in [6.45, 7) is 12.0. The van der Waals surface area contributed by atoms with E-state index in [-0.39, 0.29) is 41.5 Å². The highest BCUT2D eigenvalue weighted by atomic mass is 16.6. The Labute approximate surface area is 215 Å². The molecule has 1 aliphatic carbocycles. The van der Waals surface area contributed by atoms with Crippen LogP contribution in [0.5, 0.6) is 0 Å². The van der Waals surface area contributed by atoms with Crippen LogP contribution in [-0.4, -0.2) is 104 Å². The van der Waals surface area contributed by atoms with Crippen molar-refractivity contribution in [3.63, 3.8) is 0 Å². The van der Waals surface area contributed by atoms with Crippen LogP contribution in [0.1, 0.15) is 59.3 Å². The molecule has 8 atom stereocenters. The molecule has 6 fully saturated rings. The Morgan fingerprint density at radius 3 is 2.47 bits per heavy atom. The number of methoxy groups -OCH3 is 1. The van der Waals surface area contributed by atoms with Crippen LogP contribution in [0.15, 0.2) is 11.6 Å². The van der Waals surface area contributed by atoms with Gasteiger partial charge in [0.05, 0.1) is 30.8 Å². The summed E-state index contributed by atoms with van der Waals surface area (Å²) >= 11 is 0. The molecule has 202 valence electrons. The van der Waals surface area contributed by atoms with Crippen molar-refractivity contribution in [2.24, 2.45) is 11.8 Å². The van der Waals surface area contributed by atoms with Crippen LogP contribution in [0.4, 0.5) is 4.79 Å². The minimum absolute atomic E-state index is 0.0602. The zero-order valence-electron chi connectivity index (χ0n) is 22.4. The average Bonchev–Trinajstić information content (AvgIpc) is 3.70. The van der Waals surface area contributed by atoms with Gasteiger partial charge in [-0.25, -0.2) is 4.79 Å². The number of nitrogens with zero attached hydrogens (tertiary/aromatic N) is 2. The fraction of sp³-hybridized carbons (Fsp3) is 0.893. The first kappa shape index (κ1) is 25.1. The van der Waals surface area contributed by atoms with Crippen LogP contribution in [0.2, 0.25) is 0 Å². The molecule has 8 nitrogen and oxygen atoms in total. The van der Waals surface area contributed by atoms with E-state index < -0.39 is 0 Å². The third-order valence-corrected chi connectivity index (χ3v) is 9.68. The maximum absolute atomic E-state index is 13.0. The van der Waals surface area contributed by atoms with Gasteiger partial charge in [-0.2, -0.15) is 0 Å². The molecule has 0 radical (unpaired) electrons. The average molecular weight is 505 g/mol. The van der Waals surface area contributed by atoms with E-state index in [1.54, 1.807) is 7.11 Å². The smallest absolute Gasteiger partial charge is 0.410 e. The number of amides is 1. The number of hydrogen-bond donors (Lipinski definition) is 0. The van der Waals surface area contributed by atoms with Gasteiger partial charge in [0.15, 0.2) is 0 Å². The quantitative estimate of drug-likeness (QED) is 0.370. The Bertz CT molecular complexity index is 854. The van der Waals surface area contributed by atoms with E-state index in [4.69, 9.17) is 23.7 Å². The molecule has 2 unspecified atom stereocenters. The number of morpholine rings is 1. The summed E-state index contributed by atoms with van der Waals surface area (Å²) < 4.78 is 30.4. The van der Waals surface area contributed by atoms with Crippen LogP contribution in [-0.2, 0) is 23.7 Å². The van der Waals surface area contributed by atoms with Crippen molar-refractivity contribution in [2.75, 3.05) is 46.4 Å². The molecule has 0 aromatic heterocycles. The van der Waals surface area contributed by atoms with Crippen molar-refractivity contribution >= 4 is 6.09 Å². The SMILES string of the molecule is CO[C@@H]1[C@H](OC(=O)N2CC(CCN3CC4CCC(C3)O4)C2)CC[C@]2(CO2)[C@H]1[C@@]1(C)O[C@@H]1CC=C(C)C. The van der Waals surface area contributed by atoms with E-state index in [1.165, 1.54) is 18.4 Å². The lowest BCUT2D eigenvalue weighted by atomic mass is 9.68. The number of rotatable bonds is 8. The highest BCUT2D eigenvalue weighted by molar-refractivity contribution is 5.69. The van der Waals surface area contributed by atoms with E-state index in [1.807, 2.05) is 4.90 Å². The molecule has 8 heteroatoms. The lowest BCUT2D eigenvalue weighted by Crippen LogP contribution is -2.57. The second-order valence-electron chi connectivity index (χ2n) is 12.6. The van der Waals surface area contributed by atoms with Crippen molar-refractivity contribution in [3.8, 4) is 0 Å². The summed E-state index contributed by atoms with van der Waals surface area (Å²) in [4.78, 5) is 17.5. The maximum Gasteiger partial charge on any atom is 0.410 e. The van der Waals surface area contributed by atoms with Crippen molar-refractivity contribution in [2.45, 2.75) is 101 Å². The molecule has 5 heterocycles. The van der Waals surface area contributed by atoms with E-state index in [0.717, 1.165) is 65.0 Å². The summed E-state index contributed by atoms with van der Waals surface area (Å²) in [5.74, 6) is 0.623. The van der Waals surface area contributed by atoms with E-state index in [0.29, 0.717) is 18.1 Å². The van der Waals surface area contributed by atoms with Gasteiger partial charge in [-0.05, 0) is 71.8 Å². The van der Waals surface area contributed by atoms with Crippen LogP contribution in [0, 0.1) is 11.8 Å². The second kappa shape index (κ2) is 9.53. The normalized spacial score (nSPS) is 43.8. The topological polar surface area (TPSA) is 76.3 Å². The zero-order chi connectivity index (χ0) is 25.1. The van der Waals surface area contributed by atoms with Gasteiger partial charge < -0.3 is 28.6 Å². The molecule has 1 amide bonds. The van der Waals surface area contributed by atoms with Gasteiger partial charge in [-0.3, -0.25) is 4.90 Å². The number of hydrogen-bond acceptors (Lipinski definition) is 7. The van der Waals surface area contributed by atoms with Crippen molar-refractivity contribution < 1.29 is 28.5 Å². The van der Waals surface area contributed by atoms with Crippen LogP contribution in [0.3, 0.4) is 0 Å². The number of carbonyl (C=O) groups is 1. The van der Waals surface area contributed by atoms with Gasteiger partial charge in [-0.1, -0.05) is 11.6 Å². The predicted molar refractivity (Wildman–Crippen MR) is 134 cm³/mol. The molecule has 5 saturated heterocycles. The second-order valence-corrected chi connectivity index (χ2v) is 12.6. The van der Waals surface area contributed by atoms with Gasteiger partial charge in [-0.15, -0.1) is 0 Å². The molecule has 6 aliphatic rings. The Hall–Kier alpha value is -1.19. The molecule has 1 saturated carbocycles. The maximum atomic E-state index is 13.0. The van der Waals surface area contributed by atoms with Crippen molar-refractivity contribution in [1.82, 2.24) is 9.80 Å². The largest absolute Gasteiger partial charge is 0.443 e. The number of allylic oxidation sites excluding steroid dienone is 1. The third-order valence-electron chi connectivity index (χ3n) is 9.68. The summed E-state index contributed by atoms with van der Waals surface area (Å²) in [6, 6.07) is 0. The Kier molecular flexibility index (Phi) is 6.64. The summed E-state index contributed by atoms with van der Waals surface area (Å²) in [5, 5.41) is 0. The first-order valence-electron chi connectivity index (χ1n) is 14.1. The highest BCUT2D eigenvalue weighted by Gasteiger charge is 2.72. The number of epoxide rings is 2. The number of likely N-dealkylation sites (tertiary alicyclic amines) is 2. The fourth-order valence-corrected chi connectivity index (χ4v) is 7.42. The number of fused-ring (bicyclic) bond motifs is 2. The minimum Gasteiger partial charge on any atom is -0.443 e. The molecule has 5 aliphatic heterocycles. The molecular weight excluding hydrogens is 460 g/mol. The summed E-state index contributed by atoms with van der Waals surface area (Å²) in [5.41, 5.74) is 0.794. The van der Waals surface area contributed by atoms with Gasteiger partial charge in [0.25, 0.3) is 0 Å². The Morgan fingerprint density at radius 2 is 1.83 bits per heavy atom. The first-order chi connectivity index (χ1) is 17.3. The number of ether oxygens (including phenoxy) is 5. The van der Waals surface area contributed by atoms with E-state index in [2.05, 4.69) is 31.7 Å². The fourth-order valence-electron chi connectivity index (χ4n) is 7.42. The van der Waals surface area contributed by atoms with E-state index in [9.17, 15) is 4.79 Å². The van der Waals surface area contributed by atoms with Gasteiger partial charge in [0.2, 0.25) is 0 Å².